The Hall–Kier alpha value is 1.54. The van der Waals surface area contributed by atoms with E-state index in [4.69, 9.17) is 20.4 Å². The van der Waals surface area contributed by atoms with Crippen molar-refractivity contribution in [3.63, 3.8) is 0 Å². The molecule has 0 aliphatic rings. The van der Waals surface area contributed by atoms with Crippen LogP contribution in [-0.4, -0.2) is 43.9 Å². The average Bonchev–Trinajstić information content (AvgIpc) is 1.82. The van der Waals surface area contributed by atoms with Crippen molar-refractivity contribution in [1.29, 1.82) is 0 Å². The van der Waals surface area contributed by atoms with E-state index in [9.17, 15) is 14.4 Å². The average molecular weight is 352 g/mol. The first-order valence-corrected chi connectivity index (χ1v) is 3.17. The van der Waals surface area contributed by atoms with Gasteiger partial charge in [0.05, 0.1) is 12.8 Å². The van der Waals surface area contributed by atoms with E-state index in [0.29, 0.717) is 0 Å². The van der Waals surface area contributed by atoms with Crippen molar-refractivity contribution in [3.8, 4) is 0 Å². The molecule has 0 bridgehead atoms. The molecule has 0 saturated heterocycles. The molecule has 0 fully saturated rings. The topological polar surface area (TPSA) is 237 Å². The summed E-state index contributed by atoms with van der Waals surface area (Å²) >= 11 is 0. The molecule has 20 heavy (non-hydrogen) atoms. The SMILES string of the molecule is Cl.N.N.N.O=C(O)CC(O)(CC(=O)O)C(=O)O.[H-].[H-].[H-].[Na+].[Na+].[Na+]. The number of carboxylic acid groups (broad SMARTS) is 3. The van der Waals surface area contributed by atoms with Crippen molar-refractivity contribution in [3.05, 3.63) is 0 Å². The maximum absolute atomic E-state index is 10.3. The fraction of sp³-hybridized carbons (Fsp3) is 0.500. The molecule has 0 heterocycles. The van der Waals surface area contributed by atoms with E-state index in [-0.39, 0.29) is 124 Å². The quantitative estimate of drug-likeness (QED) is 0.231. The predicted molar refractivity (Wildman–Crippen MR) is 62.7 cm³/mol. The maximum atomic E-state index is 10.3. The summed E-state index contributed by atoms with van der Waals surface area (Å²) in [7, 11) is 0. The van der Waals surface area contributed by atoms with Gasteiger partial charge in [0.1, 0.15) is 0 Å². The maximum Gasteiger partial charge on any atom is 1.00 e. The summed E-state index contributed by atoms with van der Waals surface area (Å²) in [6.45, 7) is 0. The van der Waals surface area contributed by atoms with Gasteiger partial charge in [0.2, 0.25) is 0 Å². The van der Waals surface area contributed by atoms with Gasteiger partial charge in [0.15, 0.2) is 5.60 Å². The number of aliphatic carboxylic acids is 3. The number of aliphatic hydroxyl groups is 1. The van der Waals surface area contributed by atoms with E-state index in [1.54, 1.807) is 0 Å². The Bertz CT molecular complexity index is 269. The third kappa shape index (κ3) is 21.8. The van der Waals surface area contributed by atoms with Crippen LogP contribution in [0.1, 0.15) is 17.1 Å². The second-order valence-corrected chi connectivity index (χ2v) is 2.48. The summed E-state index contributed by atoms with van der Waals surface area (Å²) in [5.74, 6) is -5.02. The molecule has 0 rings (SSSR count). The van der Waals surface area contributed by atoms with Gasteiger partial charge in [0.25, 0.3) is 0 Å². The van der Waals surface area contributed by atoms with E-state index in [1.807, 2.05) is 0 Å². The second kappa shape index (κ2) is 22.8. The van der Waals surface area contributed by atoms with Gasteiger partial charge in [-0.15, -0.1) is 12.4 Å². The van der Waals surface area contributed by atoms with Gasteiger partial charge in [-0.3, -0.25) is 9.59 Å². The molecule has 0 radical (unpaired) electrons. The fourth-order valence-electron chi connectivity index (χ4n) is 0.714. The number of hydrogen-bond donors (Lipinski definition) is 7. The van der Waals surface area contributed by atoms with Gasteiger partial charge < -0.3 is 43.2 Å². The van der Waals surface area contributed by atoms with Crippen LogP contribution in [0, 0.1) is 0 Å². The van der Waals surface area contributed by atoms with E-state index in [1.165, 1.54) is 0 Å². The Morgan fingerprint density at radius 2 is 1.00 bits per heavy atom. The Balaban J connectivity index is -0.0000000160. The molecule has 0 amide bonds. The van der Waals surface area contributed by atoms with Gasteiger partial charge in [-0.1, -0.05) is 0 Å². The molecule has 0 aliphatic heterocycles. The minimum absolute atomic E-state index is 0. The first-order valence-electron chi connectivity index (χ1n) is 3.17. The smallest absolute Gasteiger partial charge is 1.00 e. The first-order chi connectivity index (χ1) is 5.78. The summed E-state index contributed by atoms with van der Waals surface area (Å²) in [6, 6.07) is 0. The van der Waals surface area contributed by atoms with Crippen molar-refractivity contribution in [2.24, 2.45) is 0 Å². The molecular weight excluding hydrogens is 331 g/mol. The summed E-state index contributed by atoms with van der Waals surface area (Å²) < 4.78 is 0. The van der Waals surface area contributed by atoms with Gasteiger partial charge in [-0.05, 0) is 0 Å². The molecule has 112 valence electrons. The van der Waals surface area contributed by atoms with Crippen LogP contribution in [0.5, 0.6) is 0 Å². The van der Waals surface area contributed by atoms with Crippen molar-refractivity contribution in [2.75, 3.05) is 0 Å². The minimum Gasteiger partial charge on any atom is -1.00 e. The van der Waals surface area contributed by atoms with E-state index >= 15 is 0 Å². The van der Waals surface area contributed by atoms with Crippen molar-refractivity contribution in [1.82, 2.24) is 18.5 Å². The van der Waals surface area contributed by atoms with E-state index in [0.717, 1.165) is 0 Å². The Morgan fingerprint density at radius 1 is 0.800 bits per heavy atom. The third-order valence-electron chi connectivity index (χ3n) is 1.29. The molecular formula is C6H21ClN3Na3O7. The van der Waals surface area contributed by atoms with Crippen molar-refractivity contribution < 1.29 is 128 Å². The van der Waals surface area contributed by atoms with Crippen LogP contribution in [0.2, 0.25) is 0 Å². The van der Waals surface area contributed by atoms with Crippen LogP contribution >= 0.6 is 12.4 Å². The van der Waals surface area contributed by atoms with Crippen LogP contribution in [0.25, 0.3) is 0 Å². The third-order valence-corrected chi connectivity index (χ3v) is 1.29. The molecule has 0 saturated carbocycles. The van der Waals surface area contributed by atoms with Gasteiger partial charge in [0, 0.05) is 0 Å². The molecule has 10 nitrogen and oxygen atoms in total. The molecule has 0 aromatic rings. The zero-order valence-electron chi connectivity index (χ0n) is 15.0. The Labute approximate surface area is 192 Å². The minimum atomic E-state index is -2.74. The molecule has 0 aliphatic carbocycles. The van der Waals surface area contributed by atoms with Gasteiger partial charge in [-0.2, -0.15) is 0 Å². The van der Waals surface area contributed by atoms with Crippen LogP contribution in [0.3, 0.4) is 0 Å². The first kappa shape index (κ1) is 49.6. The number of carbonyl (C=O) groups is 3. The number of rotatable bonds is 5. The zero-order valence-corrected chi connectivity index (χ0v) is 18.8. The van der Waals surface area contributed by atoms with Gasteiger partial charge >= 0.3 is 107 Å². The second-order valence-electron chi connectivity index (χ2n) is 2.48. The van der Waals surface area contributed by atoms with Crippen LogP contribution in [-0.2, 0) is 14.4 Å². The van der Waals surface area contributed by atoms with Crippen molar-refractivity contribution in [2.45, 2.75) is 18.4 Å². The summed E-state index contributed by atoms with van der Waals surface area (Å²) in [6.07, 6.45) is -2.29. The largest absolute Gasteiger partial charge is 1.00 e. The van der Waals surface area contributed by atoms with Crippen LogP contribution in [0.15, 0.2) is 0 Å². The molecule has 14 heteroatoms. The van der Waals surface area contributed by atoms with Crippen LogP contribution < -0.4 is 107 Å². The number of hydrogen-bond acceptors (Lipinski definition) is 7. The molecule has 0 aromatic heterocycles. The monoisotopic (exact) mass is 351 g/mol. The molecule has 0 atom stereocenters. The summed E-state index contributed by atoms with van der Waals surface area (Å²) in [5.41, 5.74) is -2.74. The summed E-state index contributed by atoms with van der Waals surface area (Å²) in [4.78, 5) is 30.5. The molecule has 13 N–H and O–H groups in total. The molecule has 0 aromatic carbocycles. The zero-order chi connectivity index (χ0) is 10.6. The summed E-state index contributed by atoms with van der Waals surface area (Å²) in [5, 5.41) is 33.8. The molecule has 0 unspecified atom stereocenters. The van der Waals surface area contributed by atoms with Crippen molar-refractivity contribution >= 4 is 30.3 Å². The Morgan fingerprint density at radius 3 is 1.10 bits per heavy atom. The fourth-order valence-corrected chi connectivity index (χ4v) is 0.714. The number of carboxylic acids is 3. The molecule has 0 spiro atoms. The van der Waals surface area contributed by atoms with E-state index in [2.05, 4.69) is 0 Å². The predicted octanol–water partition coefficient (Wildman–Crippen LogP) is -8.99. The van der Waals surface area contributed by atoms with Gasteiger partial charge in [-0.25, -0.2) is 4.79 Å². The van der Waals surface area contributed by atoms with E-state index < -0.39 is 36.4 Å². The Kier molecular flexibility index (Phi) is 56.5. The standard InChI is InChI=1S/C6H8O7.ClH.3H3N.3Na.3H/c7-3(8)1-6(13,5(11)12)2-4(9)10;;;;;;;;;;/h13H,1-2H2,(H,7,8)(H,9,10)(H,11,12);1H;3*1H3;;;;;;/q;;;;;3*+1;3*-1. The normalized spacial score (nSPS) is 7.05. The van der Waals surface area contributed by atoms with Crippen LogP contribution in [0.4, 0.5) is 0 Å². The number of halogens is 1.